The van der Waals surface area contributed by atoms with Crippen LogP contribution in [-0.2, 0) is 9.47 Å². The van der Waals surface area contributed by atoms with Crippen LogP contribution in [0.5, 0.6) is 0 Å². The SMILES string of the molecule is CCC[C@@H]1OC12O[C@H]2CCC. The second-order valence-electron chi connectivity index (χ2n) is 3.51. The Bertz CT molecular complexity index is 138. The summed E-state index contributed by atoms with van der Waals surface area (Å²) in [6.07, 6.45) is 5.61. The van der Waals surface area contributed by atoms with Gasteiger partial charge >= 0.3 is 0 Å². The van der Waals surface area contributed by atoms with Crippen LogP contribution in [0.4, 0.5) is 0 Å². The molecular weight excluding hydrogens is 140 g/mol. The minimum Gasteiger partial charge on any atom is -0.336 e. The Balaban J connectivity index is 1.74. The Morgan fingerprint density at radius 3 is 1.82 bits per heavy atom. The molecule has 2 atom stereocenters. The maximum atomic E-state index is 5.50. The van der Waals surface area contributed by atoms with E-state index < -0.39 is 0 Å². The van der Waals surface area contributed by atoms with E-state index in [0.29, 0.717) is 12.2 Å². The molecule has 2 aliphatic rings. The minimum atomic E-state index is -0.0635. The fourth-order valence-corrected chi connectivity index (χ4v) is 1.81. The van der Waals surface area contributed by atoms with Crippen molar-refractivity contribution in [2.75, 3.05) is 0 Å². The first-order valence-corrected chi connectivity index (χ1v) is 4.69. The Labute approximate surface area is 67.9 Å². The van der Waals surface area contributed by atoms with Crippen LogP contribution in [0.3, 0.4) is 0 Å². The molecule has 11 heavy (non-hydrogen) atoms. The average molecular weight is 156 g/mol. The van der Waals surface area contributed by atoms with Crippen molar-refractivity contribution >= 4 is 0 Å². The van der Waals surface area contributed by atoms with E-state index in [4.69, 9.17) is 9.47 Å². The van der Waals surface area contributed by atoms with Gasteiger partial charge in [0.2, 0.25) is 5.79 Å². The molecule has 2 fully saturated rings. The van der Waals surface area contributed by atoms with Gasteiger partial charge in [-0.3, -0.25) is 0 Å². The summed E-state index contributed by atoms with van der Waals surface area (Å²) < 4.78 is 11.0. The first-order valence-electron chi connectivity index (χ1n) is 4.69. The van der Waals surface area contributed by atoms with Gasteiger partial charge in [0.25, 0.3) is 0 Å². The van der Waals surface area contributed by atoms with Crippen molar-refractivity contribution in [3.63, 3.8) is 0 Å². The van der Waals surface area contributed by atoms with Crippen LogP contribution in [0.1, 0.15) is 39.5 Å². The first-order chi connectivity index (χ1) is 5.33. The van der Waals surface area contributed by atoms with Crippen molar-refractivity contribution in [1.29, 1.82) is 0 Å². The number of ether oxygens (including phenoxy) is 2. The third-order valence-corrected chi connectivity index (χ3v) is 2.54. The second kappa shape index (κ2) is 2.46. The van der Waals surface area contributed by atoms with Crippen molar-refractivity contribution in [3.05, 3.63) is 0 Å². The zero-order valence-corrected chi connectivity index (χ0v) is 7.30. The smallest absolute Gasteiger partial charge is 0.223 e. The van der Waals surface area contributed by atoms with E-state index in [2.05, 4.69) is 13.8 Å². The zero-order valence-electron chi connectivity index (χ0n) is 7.30. The van der Waals surface area contributed by atoms with Gasteiger partial charge in [-0.05, 0) is 12.8 Å². The third kappa shape index (κ3) is 1.09. The summed E-state index contributed by atoms with van der Waals surface area (Å²) in [5.74, 6) is -0.0635. The maximum absolute atomic E-state index is 5.50. The highest BCUT2D eigenvalue weighted by molar-refractivity contribution is 5.11. The molecule has 2 saturated heterocycles. The molecule has 2 nitrogen and oxygen atoms in total. The lowest BCUT2D eigenvalue weighted by Crippen LogP contribution is -1.99. The molecule has 0 amide bonds. The number of hydrogen-bond donors (Lipinski definition) is 0. The molecule has 0 unspecified atom stereocenters. The van der Waals surface area contributed by atoms with Crippen molar-refractivity contribution in [2.24, 2.45) is 0 Å². The molecule has 0 aliphatic carbocycles. The normalized spacial score (nSPS) is 37.6. The Kier molecular flexibility index (Phi) is 1.69. The summed E-state index contributed by atoms with van der Waals surface area (Å²) in [7, 11) is 0. The molecule has 2 aliphatic heterocycles. The van der Waals surface area contributed by atoms with Gasteiger partial charge < -0.3 is 9.47 Å². The largest absolute Gasteiger partial charge is 0.336 e. The van der Waals surface area contributed by atoms with Crippen LogP contribution in [0.15, 0.2) is 0 Å². The molecule has 64 valence electrons. The summed E-state index contributed by atoms with van der Waals surface area (Å²) in [5, 5.41) is 0. The highest BCUT2D eigenvalue weighted by Gasteiger charge is 2.75. The monoisotopic (exact) mass is 156 g/mol. The van der Waals surface area contributed by atoms with Crippen LogP contribution >= 0.6 is 0 Å². The van der Waals surface area contributed by atoms with Crippen LogP contribution in [0.25, 0.3) is 0 Å². The fourth-order valence-electron chi connectivity index (χ4n) is 1.81. The molecule has 2 rings (SSSR count). The summed E-state index contributed by atoms with van der Waals surface area (Å²) in [6.45, 7) is 4.37. The Morgan fingerprint density at radius 2 is 1.45 bits per heavy atom. The van der Waals surface area contributed by atoms with Gasteiger partial charge in [-0.1, -0.05) is 26.7 Å². The van der Waals surface area contributed by atoms with E-state index >= 15 is 0 Å². The van der Waals surface area contributed by atoms with Crippen molar-refractivity contribution in [2.45, 2.75) is 57.5 Å². The number of hydrogen-bond acceptors (Lipinski definition) is 2. The van der Waals surface area contributed by atoms with E-state index in [1.807, 2.05) is 0 Å². The Hall–Kier alpha value is -0.0800. The topological polar surface area (TPSA) is 25.1 Å². The van der Waals surface area contributed by atoms with E-state index in [-0.39, 0.29) is 5.79 Å². The van der Waals surface area contributed by atoms with Gasteiger partial charge in [0.15, 0.2) is 0 Å². The lowest BCUT2D eigenvalue weighted by Gasteiger charge is -1.84. The highest BCUT2D eigenvalue weighted by atomic mass is 16.9. The van der Waals surface area contributed by atoms with Crippen LogP contribution in [0.2, 0.25) is 0 Å². The van der Waals surface area contributed by atoms with Gasteiger partial charge in [-0.25, -0.2) is 0 Å². The van der Waals surface area contributed by atoms with Gasteiger partial charge in [-0.2, -0.15) is 0 Å². The van der Waals surface area contributed by atoms with Crippen LogP contribution in [0, 0.1) is 0 Å². The molecular formula is C9H16O2. The van der Waals surface area contributed by atoms with Gasteiger partial charge in [0, 0.05) is 0 Å². The Morgan fingerprint density at radius 1 is 1.00 bits per heavy atom. The predicted molar refractivity (Wildman–Crippen MR) is 42.3 cm³/mol. The van der Waals surface area contributed by atoms with E-state index in [0.717, 1.165) is 0 Å². The van der Waals surface area contributed by atoms with Gasteiger partial charge in [-0.15, -0.1) is 0 Å². The first kappa shape index (κ1) is 7.56. The standard InChI is InChI=1S/C9H16O2/c1-3-5-7-9(10-7)8(11-9)6-4-2/h7-8H,3-6H2,1-2H3/t7-,8-,9?/m0/s1. The minimum absolute atomic E-state index is 0.0635. The molecule has 2 heterocycles. The van der Waals surface area contributed by atoms with Crippen molar-refractivity contribution in [1.82, 2.24) is 0 Å². The summed E-state index contributed by atoms with van der Waals surface area (Å²) in [4.78, 5) is 0. The van der Waals surface area contributed by atoms with Gasteiger partial charge in [0.1, 0.15) is 12.2 Å². The molecule has 0 bridgehead atoms. The lowest BCUT2D eigenvalue weighted by atomic mass is 10.1. The van der Waals surface area contributed by atoms with Crippen LogP contribution in [-0.4, -0.2) is 18.0 Å². The average Bonchev–Trinajstić information content (AvgIpc) is 2.80. The third-order valence-electron chi connectivity index (χ3n) is 2.54. The van der Waals surface area contributed by atoms with E-state index in [9.17, 15) is 0 Å². The maximum Gasteiger partial charge on any atom is 0.223 e. The zero-order chi connectivity index (χ0) is 7.90. The van der Waals surface area contributed by atoms with E-state index in [1.165, 1.54) is 25.7 Å². The summed E-state index contributed by atoms with van der Waals surface area (Å²) in [6, 6.07) is 0. The van der Waals surface area contributed by atoms with Crippen molar-refractivity contribution in [3.8, 4) is 0 Å². The lowest BCUT2D eigenvalue weighted by molar-refractivity contribution is 0.246. The quantitative estimate of drug-likeness (QED) is 0.582. The number of epoxide rings is 2. The molecule has 0 aromatic rings. The summed E-state index contributed by atoms with van der Waals surface area (Å²) >= 11 is 0. The molecule has 1 spiro atoms. The van der Waals surface area contributed by atoms with E-state index in [1.54, 1.807) is 0 Å². The molecule has 0 radical (unpaired) electrons. The summed E-state index contributed by atoms with van der Waals surface area (Å²) in [5.41, 5.74) is 0. The van der Waals surface area contributed by atoms with Crippen molar-refractivity contribution < 1.29 is 9.47 Å². The van der Waals surface area contributed by atoms with Crippen LogP contribution < -0.4 is 0 Å². The molecule has 0 N–H and O–H groups in total. The fraction of sp³-hybridized carbons (Fsp3) is 1.00. The molecule has 0 aromatic carbocycles. The second-order valence-corrected chi connectivity index (χ2v) is 3.51. The van der Waals surface area contributed by atoms with Gasteiger partial charge in [0.05, 0.1) is 0 Å². The molecule has 2 heteroatoms. The molecule has 0 aromatic heterocycles. The highest BCUT2D eigenvalue weighted by Crippen LogP contribution is 2.58. The molecule has 0 saturated carbocycles. The predicted octanol–water partition coefficient (Wildman–Crippen LogP) is 2.08. The number of rotatable bonds is 4.